The predicted molar refractivity (Wildman–Crippen MR) is 79.7 cm³/mol. The lowest BCUT2D eigenvalue weighted by atomic mass is 10.2. The van der Waals surface area contributed by atoms with Crippen molar-refractivity contribution in [1.82, 2.24) is 10.3 Å². The smallest absolute Gasteiger partial charge is 0.128 e. The molecule has 4 nitrogen and oxygen atoms in total. The van der Waals surface area contributed by atoms with E-state index >= 15 is 0 Å². The highest BCUT2D eigenvalue weighted by atomic mass is 16.3. The van der Waals surface area contributed by atoms with Gasteiger partial charge in [-0.1, -0.05) is 6.07 Å². The number of furan rings is 1. The highest BCUT2D eigenvalue weighted by Crippen LogP contribution is 2.17. The van der Waals surface area contributed by atoms with E-state index in [1.165, 1.54) is 18.4 Å². The van der Waals surface area contributed by atoms with Crippen LogP contribution in [0.1, 0.15) is 29.9 Å². The van der Waals surface area contributed by atoms with Crippen molar-refractivity contribution in [2.45, 2.75) is 32.9 Å². The average molecular weight is 271 g/mol. The van der Waals surface area contributed by atoms with Gasteiger partial charge in [-0.25, -0.2) is 4.98 Å². The molecule has 0 atom stereocenters. The highest BCUT2D eigenvalue weighted by molar-refractivity contribution is 5.40. The third-order valence-electron chi connectivity index (χ3n) is 3.66. The van der Waals surface area contributed by atoms with Crippen molar-refractivity contribution in [2.24, 2.45) is 0 Å². The second-order valence-electron chi connectivity index (χ2n) is 5.33. The summed E-state index contributed by atoms with van der Waals surface area (Å²) in [6.07, 6.45) is 4.54. The minimum Gasteiger partial charge on any atom is -0.465 e. The van der Waals surface area contributed by atoms with E-state index in [2.05, 4.69) is 27.3 Å². The Labute approximate surface area is 119 Å². The molecule has 2 aromatic heterocycles. The van der Waals surface area contributed by atoms with Crippen LogP contribution in [0, 0.1) is 6.92 Å². The van der Waals surface area contributed by atoms with E-state index in [1.807, 2.05) is 25.3 Å². The maximum absolute atomic E-state index is 5.52. The van der Waals surface area contributed by atoms with Crippen LogP contribution in [0.5, 0.6) is 0 Å². The number of hydrogen-bond acceptors (Lipinski definition) is 4. The van der Waals surface area contributed by atoms with Gasteiger partial charge in [-0.3, -0.25) is 0 Å². The number of nitrogens with zero attached hydrogens (tertiary/aromatic N) is 2. The van der Waals surface area contributed by atoms with Gasteiger partial charge in [-0.05, 0) is 43.5 Å². The zero-order valence-corrected chi connectivity index (χ0v) is 11.9. The number of nitrogens with one attached hydrogen (secondary N) is 1. The topological polar surface area (TPSA) is 41.3 Å². The summed E-state index contributed by atoms with van der Waals surface area (Å²) in [5.74, 6) is 3.04. The molecule has 1 aliphatic heterocycles. The molecular formula is C16H21N3O. The van der Waals surface area contributed by atoms with Gasteiger partial charge < -0.3 is 14.6 Å². The molecule has 2 aromatic rings. The predicted octanol–water partition coefficient (Wildman–Crippen LogP) is 2.87. The molecule has 1 aliphatic rings. The van der Waals surface area contributed by atoms with Gasteiger partial charge in [0, 0.05) is 25.8 Å². The lowest BCUT2D eigenvalue weighted by Gasteiger charge is -2.16. The summed E-state index contributed by atoms with van der Waals surface area (Å²) < 4.78 is 5.52. The summed E-state index contributed by atoms with van der Waals surface area (Å²) in [6, 6.07) is 8.28. The van der Waals surface area contributed by atoms with Gasteiger partial charge >= 0.3 is 0 Å². The summed E-state index contributed by atoms with van der Waals surface area (Å²) in [5, 5.41) is 3.37. The molecule has 4 heteroatoms. The van der Waals surface area contributed by atoms with Crippen LogP contribution >= 0.6 is 0 Å². The van der Waals surface area contributed by atoms with Gasteiger partial charge in [0.1, 0.15) is 17.3 Å². The molecule has 1 N–H and O–H groups in total. The zero-order valence-electron chi connectivity index (χ0n) is 11.9. The van der Waals surface area contributed by atoms with Crippen LogP contribution in [-0.4, -0.2) is 18.1 Å². The Morgan fingerprint density at radius 2 is 2.00 bits per heavy atom. The van der Waals surface area contributed by atoms with E-state index in [0.717, 1.165) is 43.5 Å². The van der Waals surface area contributed by atoms with E-state index < -0.39 is 0 Å². The molecule has 0 spiro atoms. The van der Waals surface area contributed by atoms with Crippen molar-refractivity contribution in [3.63, 3.8) is 0 Å². The minimum atomic E-state index is 0.752. The fraction of sp³-hybridized carbons (Fsp3) is 0.438. The molecule has 3 rings (SSSR count). The van der Waals surface area contributed by atoms with Crippen molar-refractivity contribution in [3.05, 3.63) is 47.5 Å². The Balaban J connectivity index is 1.50. The fourth-order valence-corrected chi connectivity index (χ4v) is 2.56. The van der Waals surface area contributed by atoms with Crippen molar-refractivity contribution in [3.8, 4) is 0 Å². The minimum absolute atomic E-state index is 0.752. The van der Waals surface area contributed by atoms with Crippen LogP contribution in [0.3, 0.4) is 0 Å². The van der Waals surface area contributed by atoms with E-state index in [4.69, 9.17) is 4.42 Å². The molecule has 0 aromatic carbocycles. The summed E-state index contributed by atoms with van der Waals surface area (Å²) in [6.45, 7) is 5.81. The summed E-state index contributed by atoms with van der Waals surface area (Å²) in [4.78, 5) is 6.90. The normalized spacial score (nSPS) is 14.9. The van der Waals surface area contributed by atoms with Crippen molar-refractivity contribution >= 4 is 5.82 Å². The Hall–Kier alpha value is -1.81. The van der Waals surface area contributed by atoms with E-state index in [9.17, 15) is 0 Å². The molecule has 106 valence electrons. The standard InChI is InChI=1S/C16H21N3O/c1-13-4-6-15(20-13)12-17-10-14-5-7-16(18-11-14)19-8-2-3-9-19/h4-7,11,17H,2-3,8-10,12H2,1H3. The van der Waals surface area contributed by atoms with Crippen LogP contribution < -0.4 is 10.2 Å². The quantitative estimate of drug-likeness (QED) is 0.908. The monoisotopic (exact) mass is 271 g/mol. The Kier molecular flexibility index (Phi) is 4.02. The third-order valence-corrected chi connectivity index (χ3v) is 3.66. The molecule has 3 heterocycles. The number of aromatic nitrogens is 1. The molecule has 20 heavy (non-hydrogen) atoms. The van der Waals surface area contributed by atoms with Crippen LogP contribution in [0.25, 0.3) is 0 Å². The van der Waals surface area contributed by atoms with Gasteiger partial charge in [-0.15, -0.1) is 0 Å². The first-order valence-corrected chi connectivity index (χ1v) is 7.27. The summed E-state index contributed by atoms with van der Waals surface area (Å²) >= 11 is 0. The van der Waals surface area contributed by atoms with Gasteiger partial charge in [0.05, 0.1) is 6.54 Å². The molecule has 0 aliphatic carbocycles. The molecule has 0 saturated carbocycles. The lowest BCUT2D eigenvalue weighted by Crippen LogP contribution is -2.19. The maximum atomic E-state index is 5.52. The van der Waals surface area contributed by atoms with Crippen LogP contribution in [0.2, 0.25) is 0 Å². The van der Waals surface area contributed by atoms with Crippen molar-refractivity contribution < 1.29 is 4.42 Å². The first kappa shape index (κ1) is 13.2. The van der Waals surface area contributed by atoms with Crippen LogP contribution in [-0.2, 0) is 13.1 Å². The largest absolute Gasteiger partial charge is 0.465 e. The van der Waals surface area contributed by atoms with Gasteiger partial charge in [0.25, 0.3) is 0 Å². The average Bonchev–Trinajstić information content (AvgIpc) is 3.11. The Morgan fingerprint density at radius 3 is 2.65 bits per heavy atom. The lowest BCUT2D eigenvalue weighted by molar-refractivity contribution is 0.461. The number of rotatable bonds is 5. The second-order valence-corrected chi connectivity index (χ2v) is 5.33. The Morgan fingerprint density at radius 1 is 1.15 bits per heavy atom. The molecule has 0 radical (unpaired) electrons. The zero-order chi connectivity index (χ0) is 13.8. The molecular weight excluding hydrogens is 250 g/mol. The molecule has 0 amide bonds. The highest BCUT2D eigenvalue weighted by Gasteiger charge is 2.12. The van der Waals surface area contributed by atoms with Gasteiger partial charge in [-0.2, -0.15) is 0 Å². The Bertz CT molecular complexity index is 541. The summed E-state index contributed by atoms with van der Waals surface area (Å²) in [5.41, 5.74) is 1.20. The third kappa shape index (κ3) is 3.20. The number of pyridine rings is 1. The molecule has 1 fully saturated rings. The van der Waals surface area contributed by atoms with Crippen LogP contribution in [0.15, 0.2) is 34.9 Å². The van der Waals surface area contributed by atoms with E-state index in [0.29, 0.717) is 0 Å². The molecule has 1 saturated heterocycles. The maximum Gasteiger partial charge on any atom is 0.128 e. The van der Waals surface area contributed by atoms with E-state index in [1.54, 1.807) is 0 Å². The summed E-state index contributed by atoms with van der Waals surface area (Å²) in [7, 11) is 0. The SMILES string of the molecule is Cc1ccc(CNCc2ccc(N3CCCC3)nc2)o1. The first-order chi connectivity index (χ1) is 9.81. The van der Waals surface area contributed by atoms with Crippen LogP contribution in [0.4, 0.5) is 5.82 Å². The van der Waals surface area contributed by atoms with E-state index in [-0.39, 0.29) is 0 Å². The molecule has 0 bridgehead atoms. The molecule has 0 unspecified atom stereocenters. The number of hydrogen-bond donors (Lipinski definition) is 1. The van der Waals surface area contributed by atoms with Crippen molar-refractivity contribution in [1.29, 1.82) is 0 Å². The second kappa shape index (κ2) is 6.09. The number of aryl methyl sites for hydroxylation is 1. The van der Waals surface area contributed by atoms with Crippen molar-refractivity contribution in [2.75, 3.05) is 18.0 Å². The fourth-order valence-electron chi connectivity index (χ4n) is 2.56. The van der Waals surface area contributed by atoms with Gasteiger partial charge in [0.15, 0.2) is 0 Å². The number of anilines is 1. The first-order valence-electron chi connectivity index (χ1n) is 7.27. The van der Waals surface area contributed by atoms with Gasteiger partial charge in [0.2, 0.25) is 0 Å².